The number of nitrogens with one attached hydrogen (secondary N) is 2. The van der Waals surface area contributed by atoms with E-state index in [-0.39, 0.29) is 76.1 Å². The first-order chi connectivity index (χ1) is 3.81. The minimum Gasteiger partial charge on any atom is -0.398 e. The molecule has 13 heavy (non-hydrogen) atoms. The molecular weight excluding hydrogens is 431 g/mol. The monoisotopic (exact) mass is 448 g/mol. The Morgan fingerprint density at radius 1 is 1.31 bits per heavy atom. The molecule has 6 heteroatoms. The van der Waals surface area contributed by atoms with Crippen molar-refractivity contribution >= 4 is 23.5 Å². The van der Waals surface area contributed by atoms with Crippen LogP contribution in [0.2, 0.25) is 0 Å². The van der Waals surface area contributed by atoms with E-state index in [9.17, 15) is 0 Å². The molecule has 0 fully saturated rings. The standard InChI is InChI=1S/C4H8N3S.3CH3.W.Y/c1-3-6-7-4(8)5-2;;;;;/h1-2H3,(H2,5,7,8);3*1H3;;/q4*-1;;+3. The maximum Gasteiger partial charge on any atom is 3.00 e. The number of thiocarbonyl (C=S) groups is 1. The average Bonchev–Trinajstić information content (AvgIpc) is 1.83. The van der Waals surface area contributed by atoms with Crippen LogP contribution in [0.4, 0.5) is 0 Å². The van der Waals surface area contributed by atoms with Crippen LogP contribution in [0.1, 0.15) is 6.92 Å². The Labute approximate surface area is 128 Å². The van der Waals surface area contributed by atoms with Crippen molar-refractivity contribution in [1.29, 1.82) is 0 Å². The van der Waals surface area contributed by atoms with E-state index < -0.39 is 0 Å². The molecule has 0 aliphatic heterocycles. The normalized spacial score (nSPS) is 5.69. The van der Waals surface area contributed by atoms with Crippen LogP contribution in [0.25, 0.3) is 0 Å². The third-order valence-electron chi connectivity index (χ3n) is 0.496. The van der Waals surface area contributed by atoms with Crippen LogP contribution in [0, 0.1) is 22.3 Å². The van der Waals surface area contributed by atoms with Gasteiger partial charge in [0.15, 0.2) is 5.11 Å². The van der Waals surface area contributed by atoms with Crippen molar-refractivity contribution < 1.29 is 53.8 Å². The van der Waals surface area contributed by atoms with Crippen LogP contribution in [0.3, 0.4) is 0 Å². The molecule has 0 heterocycles. The van der Waals surface area contributed by atoms with Gasteiger partial charge in [-0.3, -0.25) is 5.43 Å². The van der Waals surface area contributed by atoms with E-state index in [2.05, 4.69) is 34.3 Å². The fourth-order valence-corrected chi connectivity index (χ4v) is 0.208. The molecule has 0 aromatic rings. The Balaban J connectivity index is -0.0000000245. The Morgan fingerprint density at radius 3 is 1.92 bits per heavy atom. The van der Waals surface area contributed by atoms with Gasteiger partial charge in [0.2, 0.25) is 0 Å². The van der Waals surface area contributed by atoms with Crippen LogP contribution in [0.15, 0.2) is 5.10 Å². The molecule has 0 bridgehead atoms. The smallest absolute Gasteiger partial charge is 0.398 e. The maximum absolute atomic E-state index is 4.66. The molecule has 0 rings (SSSR count). The van der Waals surface area contributed by atoms with Crippen molar-refractivity contribution in [2.45, 2.75) is 6.92 Å². The summed E-state index contributed by atoms with van der Waals surface area (Å²) in [5.74, 6) is 0. The molecule has 0 spiro atoms. The number of hydrogen-bond donors (Lipinski definition) is 2. The molecule has 0 saturated heterocycles. The molecule has 2 N–H and O–H groups in total. The second-order valence-corrected chi connectivity index (χ2v) is 1.43. The van der Waals surface area contributed by atoms with Crippen molar-refractivity contribution in [3.8, 4) is 0 Å². The van der Waals surface area contributed by atoms with Gasteiger partial charge < -0.3 is 38.9 Å². The van der Waals surface area contributed by atoms with Gasteiger partial charge in [0.1, 0.15) is 0 Å². The van der Waals surface area contributed by atoms with Gasteiger partial charge in [0.05, 0.1) is 0 Å². The number of hydrazone groups is 1. The topological polar surface area (TPSA) is 36.4 Å². The molecule has 0 aliphatic carbocycles. The van der Waals surface area contributed by atoms with E-state index in [1.807, 2.05) is 0 Å². The van der Waals surface area contributed by atoms with Crippen LogP contribution in [-0.4, -0.2) is 18.4 Å². The van der Waals surface area contributed by atoms with Crippen molar-refractivity contribution in [3.05, 3.63) is 22.3 Å². The van der Waals surface area contributed by atoms with Gasteiger partial charge in [0, 0.05) is 28.1 Å². The molecule has 0 saturated carbocycles. The molecule has 0 aliphatic rings. The minimum atomic E-state index is 0. The van der Waals surface area contributed by atoms with E-state index in [1.54, 1.807) is 14.0 Å². The second kappa shape index (κ2) is 29.2. The van der Waals surface area contributed by atoms with Crippen molar-refractivity contribution in [1.82, 2.24) is 10.7 Å². The van der Waals surface area contributed by atoms with E-state index in [4.69, 9.17) is 0 Å². The predicted molar refractivity (Wildman–Crippen MR) is 57.1 cm³/mol. The van der Waals surface area contributed by atoms with Crippen LogP contribution >= 0.6 is 12.2 Å². The summed E-state index contributed by atoms with van der Waals surface area (Å²) in [6.45, 7) is 1.69. The van der Waals surface area contributed by atoms with Gasteiger partial charge in [-0.05, 0) is 12.2 Å². The van der Waals surface area contributed by atoms with E-state index >= 15 is 0 Å². The first-order valence-electron chi connectivity index (χ1n) is 2.15. The summed E-state index contributed by atoms with van der Waals surface area (Å²) in [5.41, 5.74) is 2.52. The van der Waals surface area contributed by atoms with Crippen LogP contribution < -0.4 is 10.7 Å². The zero-order valence-electron chi connectivity index (χ0n) is 8.84. The Hall–Kier alpha value is 1.15. The van der Waals surface area contributed by atoms with Crippen LogP contribution in [0.5, 0.6) is 0 Å². The summed E-state index contributed by atoms with van der Waals surface area (Å²) in [6, 6.07) is 0. The first-order valence-corrected chi connectivity index (χ1v) is 2.56. The molecule has 0 atom stereocenters. The zero-order valence-corrected chi connectivity index (χ0v) is 15.4. The van der Waals surface area contributed by atoms with Gasteiger partial charge >= 0.3 is 32.7 Å². The third kappa shape index (κ3) is 32.0. The van der Waals surface area contributed by atoms with Crippen molar-refractivity contribution in [3.63, 3.8) is 0 Å². The average molecular weight is 448 g/mol. The van der Waals surface area contributed by atoms with Gasteiger partial charge in [-0.15, -0.1) is 0 Å². The predicted octanol–water partition coefficient (Wildman–Crippen LogP) is 1.31. The Kier molecular flexibility index (Phi) is 82.8. The zero-order chi connectivity index (χ0) is 6.41. The second-order valence-electron chi connectivity index (χ2n) is 1.03. The van der Waals surface area contributed by atoms with Gasteiger partial charge in [0.25, 0.3) is 0 Å². The van der Waals surface area contributed by atoms with Crippen LogP contribution in [-0.2, 0) is 53.8 Å². The fourth-order valence-electron chi connectivity index (χ4n) is 0.163. The van der Waals surface area contributed by atoms with E-state index in [0.29, 0.717) is 5.11 Å². The summed E-state index contributed by atoms with van der Waals surface area (Å²) in [7, 11) is 1.72. The molecule has 76 valence electrons. The third-order valence-corrected chi connectivity index (χ3v) is 0.792. The maximum atomic E-state index is 4.66. The first kappa shape index (κ1) is 36.8. The molecular formula is C7H17N3SWY-. The van der Waals surface area contributed by atoms with E-state index in [0.717, 1.165) is 0 Å². The summed E-state index contributed by atoms with van der Waals surface area (Å²) in [6.07, 6.45) is 2.52. The Morgan fingerprint density at radius 2 is 1.69 bits per heavy atom. The summed E-state index contributed by atoms with van der Waals surface area (Å²) in [4.78, 5) is 0. The largest absolute Gasteiger partial charge is 3.00 e. The van der Waals surface area contributed by atoms with Gasteiger partial charge in [-0.2, -0.15) is 6.92 Å². The molecule has 0 unspecified atom stereocenters. The van der Waals surface area contributed by atoms with E-state index in [1.165, 1.54) is 0 Å². The van der Waals surface area contributed by atoms with Crippen molar-refractivity contribution in [2.75, 3.05) is 7.05 Å². The number of rotatable bonds is 1. The summed E-state index contributed by atoms with van der Waals surface area (Å²) < 4.78 is 0. The number of hydrogen-bond acceptors (Lipinski definition) is 2. The van der Waals surface area contributed by atoms with Gasteiger partial charge in [-0.1, -0.05) is 0 Å². The minimum absolute atomic E-state index is 0. The quantitative estimate of drug-likeness (QED) is 0.275. The molecule has 0 aromatic heterocycles. The summed E-state index contributed by atoms with van der Waals surface area (Å²) in [5, 5.41) is 6.72. The SMILES string of the molecule is C[C-]=NNC(=S)NC.[CH3-].[CH3-].[CH3-].[W].[Y+3]. The molecule has 0 aromatic carbocycles. The van der Waals surface area contributed by atoms with Gasteiger partial charge in [-0.25, -0.2) is 0 Å². The number of nitrogens with zero attached hydrogens (tertiary/aromatic N) is 1. The van der Waals surface area contributed by atoms with Crippen molar-refractivity contribution in [2.24, 2.45) is 5.10 Å². The molecule has 3 nitrogen and oxygen atoms in total. The summed E-state index contributed by atoms with van der Waals surface area (Å²) >= 11 is 4.66. The fraction of sp³-hybridized carbons (Fsp3) is 0.286. The molecule has 0 radical (unpaired) electrons. The molecule has 0 amide bonds. The Bertz CT molecular complexity index is 112.